The molecule has 0 saturated heterocycles. The van der Waals surface area contributed by atoms with Crippen molar-refractivity contribution >= 4 is 62.5 Å². The SMILES string of the molecule is CCc1ccccc1N(C(C)=O)c1nc(CSc2nc3cc(Cl)ccc3o2)cs1. The van der Waals surface area contributed by atoms with Gasteiger partial charge in [-0.1, -0.05) is 48.5 Å². The van der Waals surface area contributed by atoms with E-state index in [2.05, 4.69) is 16.9 Å². The summed E-state index contributed by atoms with van der Waals surface area (Å²) < 4.78 is 5.74. The third kappa shape index (κ3) is 4.32. The molecule has 0 radical (unpaired) electrons. The predicted molar refractivity (Wildman–Crippen MR) is 119 cm³/mol. The number of fused-ring (bicyclic) bond motifs is 1. The number of thioether (sulfide) groups is 1. The van der Waals surface area contributed by atoms with Crippen molar-refractivity contribution in [3.05, 3.63) is 64.1 Å². The van der Waals surface area contributed by atoms with Gasteiger partial charge in [0.2, 0.25) is 5.91 Å². The number of anilines is 2. The monoisotopic (exact) mass is 443 g/mol. The Kier molecular flexibility index (Phi) is 5.89. The summed E-state index contributed by atoms with van der Waals surface area (Å²) in [6.45, 7) is 3.64. The van der Waals surface area contributed by atoms with Crippen LogP contribution in [0.2, 0.25) is 5.02 Å². The van der Waals surface area contributed by atoms with Crippen molar-refractivity contribution in [3.63, 3.8) is 0 Å². The summed E-state index contributed by atoms with van der Waals surface area (Å²) in [6.07, 6.45) is 0.843. The Hall–Kier alpha value is -2.35. The van der Waals surface area contributed by atoms with E-state index >= 15 is 0 Å². The maximum Gasteiger partial charge on any atom is 0.257 e. The van der Waals surface area contributed by atoms with E-state index in [1.807, 2.05) is 35.7 Å². The van der Waals surface area contributed by atoms with Gasteiger partial charge in [-0.15, -0.1) is 11.3 Å². The molecule has 148 valence electrons. The molecule has 0 spiro atoms. The van der Waals surface area contributed by atoms with Crippen LogP contribution < -0.4 is 4.90 Å². The number of carbonyl (C=O) groups excluding carboxylic acids is 1. The highest BCUT2D eigenvalue weighted by Gasteiger charge is 2.20. The number of aryl methyl sites for hydroxylation is 1. The minimum Gasteiger partial charge on any atom is -0.431 e. The Morgan fingerprint density at radius 2 is 2.07 bits per heavy atom. The first kappa shape index (κ1) is 19.9. The molecule has 4 aromatic rings. The number of halogens is 1. The zero-order chi connectivity index (χ0) is 20.4. The Bertz CT molecular complexity index is 1170. The van der Waals surface area contributed by atoms with Crippen molar-refractivity contribution in [1.82, 2.24) is 9.97 Å². The second kappa shape index (κ2) is 8.57. The molecule has 0 atom stereocenters. The molecule has 8 heteroatoms. The van der Waals surface area contributed by atoms with Gasteiger partial charge in [0.1, 0.15) is 5.52 Å². The molecule has 4 rings (SSSR count). The number of oxazole rings is 1. The van der Waals surface area contributed by atoms with Gasteiger partial charge in [0.15, 0.2) is 10.7 Å². The van der Waals surface area contributed by atoms with Crippen LogP contribution in [-0.2, 0) is 17.0 Å². The van der Waals surface area contributed by atoms with E-state index < -0.39 is 0 Å². The van der Waals surface area contributed by atoms with Crippen LogP contribution in [0.15, 0.2) is 57.5 Å². The summed E-state index contributed by atoms with van der Waals surface area (Å²) in [5.41, 5.74) is 4.30. The number of amides is 1. The van der Waals surface area contributed by atoms with Crippen LogP contribution in [0.3, 0.4) is 0 Å². The lowest BCUT2D eigenvalue weighted by molar-refractivity contribution is -0.115. The quantitative estimate of drug-likeness (QED) is 0.319. The van der Waals surface area contributed by atoms with Gasteiger partial charge in [-0.3, -0.25) is 9.69 Å². The molecule has 29 heavy (non-hydrogen) atoms. The molecule has 5 nitrogen and oxygen atoms in total. The van der Waals surface area contributed by atoms with Gasteiger partial charge in [0.05, 0.1) is 11.4 Å². The number of nitrogens with zero attached hydrogens (tertiary/aromatic N) is 3. The Labute approximate surface area is 181 Å². The van der Waals surface area contributed by atoms with E-state index in [0.717, 1.165) is 28.9 Å². The van der Waals surface area contributed by atoms with Crippen molar-refractivity contribution in [2.45, 2.75) is 31.2 Å². The number of aromatic nitrogens is 2. The number of hydrogen-bond acceptors (Lipinski definition) is 6. The molecule has 2 aromatic heterocycles. The normalized spacial score (nSPS) is 11.1. The second-order valence-corrected chi connectivity index (χ2v) is 8.54. The van der Waals surface area contributed by atoms with Crippen LogP contribution >= 0.6 is 34.7 Å². The van der Waals surface area contributed by atoms with Crippen molar-refractivity contribution in [2.75, 3.05) is 4.90 Å². The number of para-hydroxylation sites is 1. The third-order valence-electron chi connectivity index (χ3n) is 4.33. The first-order valence-electron chi connectivity index (χ1n) is 9.07. The summed E-state index contributed by atoms with van der Waals surface area (Å²) in [6, 6.07) is 13.3. The molecular weight excluding hydrogens is 426 g/mol. The Morgan fingerprint density at radius 3 is 2.86 bits per heavy atom. The number of carbonyl (C=O) groups is 1. The van der Waals surface area contributed by atoms with Gasteiger partial charge in [-0.05, 0) is 36.2 Å². The fraction of sp³-hybridized carbons (Fsp3) is 0.190. The number of benzene rings is 2. The summed E-state index contributed by atoms with van der Waals surface area (Å²) in [5, 5.41) is 3.82. The van der Waals surface area contributed by atoms with E-state index in [9.17, 15) is 4.79 Å². The van der Waals surface area contributed by atoms with Gasteiger partial charge in [-0.2, -0.15) is 0 Å². The zero-order valence-corrected chi connectivity index (χ0v) is 18.3. The molecular formula is C21H18ClN3O2S2. The zero-order valence-electron chi connectivity index (χ0n) is 15.9. The molecule has 0 bridgehead atoms. The summed E-state index contributed by atoms with van der Waals surface area (Å²) in [4.78, 5) is 23.2. The number of hydrogen-bond donors (Lipinski definition) is 0. The van der Waals surface area contributed by atoms with Crippen molar-refractivity contribution in [1.29, 1.82) is 0 Å². The van der Waals surface area contributed by atoms with E-state index in [1.165, 1.54) is 23.1 Å². The van der Waals surface area contributed by atoms with Gasteiger partial charge < -0.3 is 4.42 Å². The van der Waals surface area contributed by atoms with Gasteiger partial charge in [0.25, 0.3) is 5.22 Å². The average molecular weight is 444 g/mol. The van der Waals surface area contributed by atoms with Crippen LogP contribution in [0.4, 0.5) is 10.8 Å². The van der Waals surface area contributed by atoms with Gasteiger partial charge >= 0.3 is 0 Å². The molecule has 2 aromatic carbocycles. The molecule has 1 amide bonds. The minimum atomic E-state index is -0.0599. The van der Waals surface area contributed by atoms with Crippen LogP contribution in [0, 0.1) is 0 Å². The van der Waals surface area contributed by atoms with E-state index in [-0.39, 0.29) is 5.91 Å². The summed E-state index contributed by atoms with van der Waals surface area (Å²) in [7, 11) is 0. The first-order valence-corrected chi connectivity index (χ1v) is 11.3. The van der Waals surface area contributed by atoms with Crippen molar-refractivity contribution in [3.8, 4) is 0 Å². The molecule has 0 fully saturated rings. The summed E-state index contributed by atoms with van der Waals surface area (Å²) >= 11 is 8.92. The largest absolute Gasteiger partial charge is 0.431 e. The fourth-order valence-corrected chi connectivity index (χ4v) is 4.86. The first-order chi connectivity index (χ1) is 14.0. The molecule has 0 aliphatic carbocycles. The van der Waals surface area contributed by atoms with Crippen LogP contribution in [-0.4, -0.2) is 15.9 Å². The number of rotatable bonds is 6. The maximum absolute atomic E-state index is 12.4. The highest BCUT2D eigenvalue weighted by molar-refractivity contribution is 7.98. The topological polar surface area (TPSA) is 59.2 Å². The lowest BCUT2D eigenvalue weighted by atomic mass is 10.1. The summed E-state index contributed by atoms with van der Waals surface area (Å²) in [5.74, 6) is 0.536. The maximum atomic E-state index is 12.4. The van der Waals surface area contributed by atoms with E-state index in [4.69, 9.17) is 16.0 Å². The van der Waals surface area contributed by atoms with Crippen LogP contribution in [0.5, 0.6) is 0 Å². The third-order valence-corrected chi connectivity index (χ3v) is 6.30. The Balaban J connectivity index is 1.53. The molecule has 2 heterocycles. The predicted octanol–water partition coefficient (Wildman–Crippen LogP) is 6.48. The molecule has 0 saturated carbocycles. The standard InChI is InChI=1S/C21H18ClN3O2S2/c1-3-14-6-4-5-7-18(14)25(13(2)26)20-23-16(11-28-20)12-29-21-24-17-10-15(22)8-9-19(17)27-21/h4-11H,3,12H2,1-2H3. The average Bonchev–Trinajstić information content (AvgIpc) is 3.33. The highest BCUT2D eigenvalue weighted by Crippen LogP contribution is 2.34. The highest BCUT2D eigenvalue weighted by atomic mass is 35.5. The lowest BCUT2D eigenvalue weighted by Gasteiger charge is -2.20. The molecule has 0 aliphatic heterocycles. The molecule has 0 unspecified atom stereocenters. The van der Waals surface area contributed by atoms with E-state index in [1.54, 1.807) is 24.0 Å². The van der Waals surface area contributed by atoms with Crippen LogP contribution in [0.1, 0.15) is 25.1 Å². The smallest absolute Gasteiger partial charge is 0.257 e. The lowest BCUT2D eigenvalue weighted by Crippen LogP contribution is -2.23. The van der Waals surface area contributed by atoms with Crippen LogP contribution in [0.25, 0.3) is 11.1 Å². The number of thiazole rings is 1. The fourth-order valence-electron chi connectivity index (χ4n) is 2.98. The molecule has 0 aliphatic rings. The minimum absolute atomic E-state index is 0.0599. The van der Waals surface area contributed by atoms with E-state index in [0.29, 0.717) is 26.7 Å². The van der Waals surface area contributed by atoms with Gasteiger partial charge in [0, 0.05) is 23.1 Å². The Morgan fingerprint density at radius 1 is 1.24 bits per heavy atom. The van der Waals surface area contributed by atoms with Crippen molar-refractivity contribution in [2.24, 2.45) is 0 Å². The van der Waals surface area contributed by atoms with Crippen molar-refractivity contribution < 1.29 is 9.21 Å². The van der Waals surface area contributed by atoms with Gasteiger partial charge in [-0.25, -0.2) is 9.97 Å². The molecule has 0 N–H and O–H groups in total. The second-order valence-electron chi connectivity index (χ2n) is 6.34.